The number of hydrogen-bond acceptors (Lipinski definition) is 7. The molecule has 3 rings (SSSR count). The molecule has 8 nitrogen and oxygen atoms in total. The van der Waals surface area contributed by atoms with Gasteiger partial charge in [0.2, 0.25) is 0 Å². The summed E-state index contributed by atoms with van der Waals surface area (Å²) in [5, 5.41) is 17.4. The fraction of sp³-hybridized carbons (Fsp3) is 0.424. The van der Waals surface area contributed by atoms with Gasteiger partial charge in [0.05, 0.1) is 24.7 Å². The van der Waals surface area contributed by atoms with Crippen molar-refractivity contribution >= 4 is 15.7 Å². The van der Waals surface area contributed by atoms with Crippen LogP contribution in [0.25, 0.3) is 0 Å². The Morgan fingerprint density at radius 1 is 0.857 bits per heavy atom. The molecule has 9 heteroatoms. The lowest BCUT2D eigenvalue weighted by Gasteiger charge is -2.26. The Bertz CT molecular complexity index is 1320. The van der Waals surface area contributed by atoms with Gasteiger partial charge in [0.25, 0.3) is 5.91 Å². The monoisotopic (exact) mass is 596 g/mol. The highest BCUT2D eigenvalue weighted by Crippen LogP contribution is 2.16. The molecule has 0 heterocycles. The van der Waals surface area contributed by atoms with Crippen LogP contribution in [0.3, 0.4) is 0 Å². The van der Waals surface area contributed by atoms with Gasteiger partial charge in [-0.3, -0.25) is 4.79 Å². The lowest BCUT2D eigenvalue weighted by molar-refractivity contribution is -0.128. The highest BCUT2D eigenvalue weighted by Gasteiger charge is 2.26. The fourth-order valence-corrected chi connectivity index (χ4v) is 6.02. The van der Waals surface area contributed by atoms with Crippen LogP contribution in [0.1, 0.15) is 37.8 Å². The molecule has 3 atom stereocenters. The van der Waals surface area contributed by atoms with E-state index >= 15 is 0 Å². The van der Waals surface area contributed by atoms with Gasteiger partial charge < -0.3 is 25.2 Å². The Morgan fingerprint density at radius 2 is 1.48 bits per heavy atom. The first-order valence-electron chi connectivity index (χ1n) is 14.4. The van der Waals surface area contributed by atoms with Crippen molar-refractivity contribution < 1.29 is 27.8 Å². The summed E-state index contributed by atoms with van der Waals surface area (Å²) >= 11 is 0. The number of aliphatic hydroxyl groups is 1. The van der Waals surface area contributed by atoms with Gasteiger partial charge in [-0.2, -0.15) is 0 Å². The highest BCUT2D eigenvalue weighted by molar-refractivity contribution is 7.91. The average molecular weight is 597 g/mol. The minimum Gasteiger partial charge on any atom is -0.497 e. The molecule has 0 aliphatic rings. The van der Waals surface area contributed by atoms with Gasteiger partial charge in [-0.25, -0.2) is 8.42 Å². The molecule has 1 amide bonds. The van der Waals surface area contributed by atoms with Crippen LogP contribution < -0.4 is 20.1 Å². The number of nitrogens with one attached hydrogen (secondary N) is 2. The maximum Gasteiger partial charge on any atom is 0.261 e. The first kappa shape index (κ1) is 33.1. The molecule has 42 heavy (non-hydrogen) atoms. The standard InChI is InChI=1S/C33H44N2O6S/c1-25(2)17-19-42(38,39)20-18-32(41-28-14-8-5-9-15-28)33(37)35-24-31(36)30(22-26-11-6-4-7-12-26)34-23-27-13-10-16-29(21-27)40-3/h4-16,21,25,30-32,34,36H,17-20,22-24H2,1-3H3,(H,35,37)/t30?,31-,32?/m1/s1. The molecule has 0 aliphatic carbocycles. The number of sulfone groups is 1. The number of carbonyl (C=O) groups excluding carboxylic acids is 1. The summed E-state index contributed by atoms with van der Waals surface area (Å²) in [6, 6.07) is 26.0. The Hall–Kier alpha value is -3.40. The van der Waals surface area contributed by atoms with Crippen LogP contribution in [-0.4, -0.2) is 62.8 Å². The average Bonchev–Trinajstić information content (AvgIpc) is 3.00. The fourth-order valence-electron chi connectivity index (χ4n) is 4.42. The molecule has 228 valence electrons. The smallest absolute Gasteiger partial charge is 0.261 e. The minimum absolute atomic E-state index is 0.0127. The van der Waals surface area contributed by atoms with Crippen molar-refractivity contribution in [3.63, 3.8) is 0 Å². The predicted molar refractivity (Wildman–Crippen MR) is 166 cm³/mol. The molecule has 0 fully saturated rings. The molecular weight excluding hydrogens is 552 g/mol. The van der Waals surface area contributed by atoms with Crippen molar-refractivity contribution in [1.29, 1.82) is 0 Å². The van der Waals surface area contributed by atoms with Crippen molar-refractivity contribution in [3.8, 4) is 11.5 Å². The van der Waals surface area contributed by atoms with Crippen molar-refractivity contribution in [2.24, 2.45) is 5.92 Å². The summed E-state index contributed by atoms with van der Waals surface area (Å²) in [5.41, 5.74) is 2.04. The number of aliphatic hydroxyl groups excluding tert-OH is 1. The van der Waals surface area contributed by atoms with E-state index in [0.717, 1.165) is 16.9 Å². The van der Waals surface area contributed by atoms with Crippen molar-refractivity contribution in [3.05, 3.63) is 96.1 Å². The highest BCUT2D eigenvalue weighted by atomic mass is 32.2. The molecule has 0 bridgehead atoms. The van der Waals surface area contributed by atoms with Gasteiger partial charge in [-0.1, -0.05) is 74.5 Å². The van der Waals surface area contributed by atoms with Crippen LogP contribution in [0.15, 0.2) is 84.9 Å². The van der Waals surface area contributed by atoms with Gasteiger partial charge in [-0.05, 0) is 54.2 Å². The summed E-state index contributed by atoms with van der Waals surface area (Å²) in [5.74, 6) is 0.928. The van der Waals surface area contributed by atoms with E-state index in [0.29, 0.717) is 25.1 Å². The number of para-hydroxylation sites is 1. The van der Waals surface area contributed by atoms with Gasteiger partial charge in [0.15, 0.2) is 6.10 Å². The van der Waals surface area contributed by atoms with Crippen molar-refractivity contribution in [1.82, 2.24) is 10.6 Å². The number of amides is 1. The molecule has 0 saturated carbocycles. The second-order valence-electron chi connectivity index (χ2n) is 10.9. The molecular formula is C33H44N2O6S. The van der Waals surface area contributed by atoms with E-state index in [1.54, 1.807) is 31.4 Å². The molecule has 0 radical (unpaired) electrons. The summed E-state index contributed by atoms with van der Waals surface area (Å²) in [4.78, 5) is 13.3. The topological polar surface area (TPSA) is 114 Å². The van der Waals surface area contributed by atoms with Gasteiger partial charge >= 0.3 is 0 Å². The Balaban J connectivity index is 1.67. The van der Waals surface area contributed by atoms with Gasteiger partial charge in [-0.15, -0.1) is 0 Å². The maximum atomic E-state index is 13.3. The van der Waals surface area contributed by atoms with E-state index in [-0.39, 0.29) is 36.4 Å². The molecule has 0 aliphatic heterocycles. The van der Waals surface area contributed by atoms with Gasteiger partial charge in [0.1, 0.15) is 21.3 Å². The maximum absolute atomic E-state index is 13.3. The predicted octanol–water partition coefficient (Wildman–Crippen LogP) is 4.17. The van der Waals surface area contributed by atoms with Crippen molar-refractivity contribution in [2.45, 2.75) is 57.9 Å². The lowest BCUT2D eigenvalue weighted by atomic mass is 10.0. The Labute approximate surface area is 250 Å². The second kappa shape index (κ2) is 16.9. The quantitative estimate of drug-likeness (QED) is 0.202. The first-order valence-corrected chi connectivity index (χ1v) is 16.3. The third-order valence-electron chi connectivity index (χ3n) is 6.96. The largest absolute Gasteiger partial charge is 0.497 e. The van der Waals surface area contributed by atoms with E-state index in [9.17, 15) is 18.3 Å². The molecule has 0 spiro atoms. The number of rotatable bonds is 18. The summed E-state index contributed by atoms with van der Waals surface area (Å²) in [6.45, 7) is 4.42. The third-order valence-corrected chi connectivity index (χ3v) is 8.68. The third kappa shape index (κ3) is 11.8. The van der Waals surface area contributed by atoms with Crippen LogP contribution in [0.4, 0.5) is 0 Å². The molecule has 3 aromatic carbocycles. The van der Waals surface area contributed by atoms with Crippen LogP contribution in [0.5, 0.6) is 11.5 Å². The van der Waals surface area contributed by atoms with Gasteiger partial charge in [0, 0.05) is 25.6 Å². The number of methoxy groups -OCH3 is 1. The molecule has 2 unspecified atom stereocenters. The number of carbonyl (C=O) groups is 1. The first-order chi connectivity index (χ1) is 20.1. The van der Waals surface area contributed by atoms with E-state index < -0.39 is 28.0 Å². The van der Waals surface area contributed by atoms with E-state index in [4.69, 9.17) is 9.47 Å². The molecule has 0 saturated heterocycles. The Morgan fingerprint density at radius 3 is 2.14 bits per heavy atom. The SMILES string of the molecule is COc1cccc(CNC(Cc2ccccc2)[C@H](O)CNC(=O)C(CCS(=O)(=O)CCC(C)C)Oc2ccccc2)c1. The molecule has 3 N–H and O–H groups in total. The Kier molecular flexibility index (Phi) is 13.3. The van der Waals surface area contributed by atoms with E-state index in [2.05, 4.69) is 10.6 Å². The second-order valence-corrected chi connectivity index (χ2v) is 13.2. The van der Waals surface area contributed by atoms with Crippen LogP contribution in [-0.2, 0) is 27.6 Å². The number of ether oxygens (including phenoxy) is 2. The normalized spacial score (nSPS) is 13.7. The van der Waals surface area contributed by atoms with Crippen LogP contribution in [0, 0.1) is 5.92 Å². The zero-order valence-corrected chi connectivity index (χ0v) is 25.6. The molecule has 0 aromatic heterocycles. The zero-order valence-electron chi connectivity index (χ0n) is 24.7. The van der Waals surface area contributed by atoms with Crippen LogP contribution >= 0.6 is 0 Å². The minimum atomic E-state index is -3.34. The van der Waals surface area contributed by atoms with Crippen LogP contribution in [0.2, 0.25) is 0 Å². The van der Waals surface area contributed by atoms with Crippen molar-refractivity contribution in [2.75, 3.05) is 25.2 Å². The number of hydrogen-bond donors (Lipinski definition) is 3. The summed E-state index contributed by atoms with van der Waals surface area (Å²) in [7, 11) is -1.73. The zero-order chi connectivity index (χ0) is 30.4. The molecule has 3 aromatic rings. The summed E-state index contributed by atoms with van der Waals surface area (Å²) in [6.07, 6.45) is -0.826. The lowest BCUT2D eigenvalue weighted by Crippen LogP contribution is -2.49. The number of benzene rings is 3. The summed E-state index contributed by atoms with van der Waals surface area (Å²) < 4.78 is 36.5. The van der Waals surface area contributed by atoms with E-state index in [1.165, 1.54) is 0 Å². The van der Waals surface area contributed by atoms with E-state index in [1.807, 2.05) is 74.5 Å².